The molecule has 0 aliphatic rings. The molecular formula is C16H18N4O. The van der Waals surface area contributed by atoms with Crippen molar-refractivity contribution in [1.29, 1.82) is 0 Å². The van der Waals surface area contributed by atoms with Crippen LogP contribution in [0.25, 0.3) is 5.65 Å². The van der Waals surface area contributed by atoms with Crippen LogP contribution in [0.3, 0.4) is 0 Å². The lowest BCUT2D eigenvalue weighted by Gasteiger charge is -2.10. The van der Waals surface area contributed by atoms with E-state index in [4.69, 9.17) is 4.74 Å². The fourth-order valence-electron chi connectivity index (χ4n) is 2.37. The largest absolute Gasteiger partial charge is 0.380 e. The predicted octanol–water partition coefficient (Wildman–Crippen LogP) is 2.80. The first-order valence-electron chi connectivity index (χ1n) is 6.87. The Morgan fingerprint density at radius 1 is 1.19 bits per heavy atom. The first-order chi connectivity index (χ1) is 10.3. The summed E-state index contributed by atoms with van der Waals surface area (Å²) in [7, 11) is 1.71. The van der Waals surface area contributed by atoms with Crippen molar-refractivity contribution in [2.24, 2.45) is 0 Å². The van der Waals surface area contributed by atoms with Crippen LogP contribution in [-0.2, 0) is 17.9 Å². The molecule has 5 nitrogen and oxygen atoms in total. The molecule has 0 saturated heterocycles. The summed E-state index contributed by atoms with van der Waals surface area (Å²) in [6.07, 6.45) is 1.57. The van der Waals surface area contributed by atoms with Crippen molar-refractivity contribution in [3.63, 3.8) is 0 Å². The normalized spacial score (nSPS) is 11.0. The Bertz CT molecular complexity index is 751. The van der Waals surface area contributed by atoms with E-state index in [1.807, 2.05) is 16.6 Å². The molecule has 0 aliphatic carbocycles. The van der Waals surface area contributed by atoms with Gasteiger partial charge in [-0.1, -0.05) is 24.3 Å². The van der Waals surface area contributed by atoms with Crippen LogP contribution in [-0.4, -0.2) is 21.7 Å². The van der Waals surface area contributed by atoms with E-state index >= 15 is 0 Å². The van der Waals surface area contributed by atoms with E-state index in [0.29, 0.717) is 6.61 Å². The SMILES string of the molecule is COCc1cccc(CNc2cc(C)cc3ncnn23)c1. The summed E-state index contributed by atoms with van der Waals surface area (Å²) in [5, 5.41) is 7.66. The highest BCUT2D eigenvalue weighted by Gasteiger charge is 2.04. The molecule has 0 amide bonds. The van der Waals surface area contributed by atoms with E-state index in [0.717, 1.165) is 23.6 Å². The van der Waals surface area contributed by atoms with Crippen LogP contribution < -0.4 is 5.32 Å². The molecule has 2 aromatic heterocycles. The second-order valence-corrected chi connectivity index (χ2v) is 5.05. The molecule has 0 aliphatic heterocycles. The number of methoxy groups -OCH3 is 1. The molecule has 0 atom stereocenters. The minimum Gasteiger partial charge on any atom is -0.380 e. The number of rotatable bonds is 5. The standard InChI is InChI=1S/C16H18N4O/c1-12-6-15(20-16(7-12)18-11-19-20)17-9-13-4-3-5-14(8-13)10-21-2/h3-8,11,17H,9-10H2,1-2H3. The fraction of sp³-hybridized carbons (Fsp3) is 0.250. The average Bonchev–Trinajstić information content (AvgIpc) is 2.93. The van der Waals surface area contributed by atoms with Gasteiger partial charge in [0.05, 0.1) is 6.61 Å². The smallest absolute Gasteiger partial charge is 0.157 e. The second-order valence-electron chi connectivity index (χ2n) is 5.05. The summed E-state index contributed by atoms with van der Waals surface area (Å²) in [4.78, 5) is 4.23. The topological polar surface area (TPSA) is 51.5 Å². The van der Waals surface area contributed by atoms with Crippen molar-refractivity contribution in [2.75, 3.05) is 12.4 Å². The lowest BCUT2D eigenvalue weighted by Crippen LogP contribution is -2.06. The summed E-state index contributed by atoms with van der Waals surface area (Å²) in [5.74, 6) is 0.944. The van der Waals surface area contributed by atoms with Crippen molar-refractivity contribution in [3.05, 3.63) is 59.4 Å². The third-order valence-electron chi connectivity index (χ3n) is 3.30. The van der Waals surface area contributed by atoms with Crippen LogP contribution in [0.15, 0.2) is 42.7 Å². The van der Waals surface area contributed by atoms with Gasteiger partial charge in [-0.15, -0.1) is 0 Å². The number of aromatic nitrogens is 3. The maximum absolute atomic E-state index is 5.17. The van der Waals surface area contributed by atoms with E-state index < -0.39 is 0 Å². The van der Waals surface area contributed by atoms with Gasteiger partial charge in [-0.3, -0.25) is 0 Å². The zero-order chi connectivity index (χ0) is 14.7. The zero-order valence-corrected chi connectivity index (χ0v) is 12.2. The highest BCUT2D eigenvalue weighted by atomic mass is 16.5. The van der Waals surface area contributed by atoms with Crippen LogP contribution in [0.5, 0.6) is 0 Å². The number of benzene rings is 1. The molecule has 2 heterocycles. The molecule has 1 N–H and O–H groups in total. The van der Waals surface area contributed by atoms with Crippen LogP contribution in [0.2, 0.25) is 0 Å². The van der Waals surface area contributed by atoms with Crippen molar-refractivity contribution < 1.29 is 4.74 Å². The number of ether oxygens (including phenoxy) is 1. The Hall–Kier alpha value is -2.40. The molecule has 5 heteroatoms. The van der Waals surface area contributed by atoms with E-state index in [2.05, 4.69) is 46.6 Å². The Kier molecular flexibility index (Phi) is 3.83. The highest BCUT2D eigenvalue weighted by Crippen LogP contribution is 2.15. The Morgan fingerprint density at radius 2 is 2.05 bits per heavy atom. The number of pyridine rings is 1. The minimum absolute atomic E-state index is 0.631. The summed E-state index contributed by atoms with van der Waals surface area (Å²) in [6.45, 7) is 3.42. The molecule has 0 bridgehead atoms. The summed E-state index contributed by atoms with van der Waals surface area (Å²) in [5.41, 5.74) is 4.39. The lowest BCUT2D eigenvalue weighted by atomic mass is 10.1. The number of nitrogens with zero attached hydrogens (tertiary/aromatic N) is 3. The summed E-state index contributed by atoms with van der Waals surface area (Å²) in [6, 6.07) is 12.4. The van der Waals surface area contributed by atoms with E-state index in [1.54, 1.807) is 13.4 Å². The zero-order valence-electron chi connectivity index (χ0n) is 12.2. The van der Waals surface area contributed by atoms with Gasteiger partial charge in [0.15, 0.2) is 5.65 Å². The molecule has 0 saturated carbocycles. The minimum atomic E-state index is 0.631. The fourth-order valence-corrected chi connectivity index (χ4v) is 2.37. The van der Waals surface area contributed by atoms with E-state index in [9.17, 15) is 0 Å². The molecule has 0 spiro atoms. The molecule has 0 radical (unpaired) electrons. The van der Waals surface area contributed by atoms with Gasteiger partial charge in [-0.25, -0.2) is 4.98 Å². The van der Waals surface area contributed by atoms with Crippen molar-refractivity contribution >= 4 is 11.5 Å². The van der Waals surface area contributed by atoms with Crippen LogP contribution in [0, 0.1) is 6.92 Å². The molecule has 0 unspecified atom stereocenters. The third-order valence-corrected chi connectivity index (χ3v) is 3.30. The van der Waals surface area contributed by atoms with Gasteiger partial charge in [0.25, 0.3) is 0 Å². The van der Waals surface area contributed by atoms with Crippen LogP contribution in [0.4, 0.5) is 5.82 Å². The first kappa shape index (κ1) is 13.6. The van der Waals surface area contributed by atoms with Crippen molar-refractivity contribution in [2.45, 2.75) is 20.1 Å². The number of hydrogen-bond donors (Lipinski definition) is 1. The highest BCUT2D eigenvalue weighted by molar-refractivity contribution is 5.51. The van der Waals surface area contributed by atoms with Gasteiger partial charge in [0, 0.05) is 13.7 Å². The monoisotopic (exact) mass is 282 g/mol. The van der Waals surface area contributed by atoms with Crippen molar-refractivity contribution in [1.82, 2.24) is 14.6 Å². The predicted molar refractivity (Wildman–Crippen MR) is 82.2 cm³/mol. The maximum Gasteiger partial charge on any atom is 0.157 e. The number of hydrogen-bond acceptors (Lipinski definition) is 4. The molecular weight excluding hydrogens is 264 g/mol. The molecule has 3 rings (SSSR count). The number of fused-ring (bicyclic) bond motifs is 1. The third kappa shape index (κ3) is 3.03. The number of anilines is 1. The maximum atomic E-state index is 5.17. The van der Waals surface area contributed by atoms with E-state index in [1.165, 1.54) is 11.1 Å². The van der Waals surface area contributed by atoms with Gasteiger partial charge in [0.1, 0.15) is 12.1 Å². The lowest BCUT2D eigenvalue weighted by molar-refractivity contribution is 0.185. The number of nitrogens with one attached hydrogen (secondary N) is 1. The molecule has 21 heavy (non-hydrogen) atoms. The molecule has 0 fully saturated rings. The Balaban J connectivity index is 1.80. The first-order valence-corrected chi connectivity index (χ1v) is 6.87. The quantitative estimate of drug-likeness (QED) is 0.782. The van der Waals surface area contributed by atoms with Gasteiger partial charge in [-0.05, 0) is 35.7 Å². The molecule has 108 valence electrons. The van der Waals surface area contributed by atoms with Gasteiger partial charge in [0.2, 0.25) is 0 Å². The summed E-state index contributed by atoms with van der Waals surface area (Å²) >= 11 is 0. The van der Waals surface area contributed by atoms with Crippen LogP contribution in [0.1, 0.15) is 16.7 Å². The Labute approximate surface area is 123 Å². The Morgan fingerprint density at radius 3 is 2.90 bits per heavy atom. The van der Waals surface area contributed by atoms with Crippen molar-refractivity contribution in [3.8, 4) is 0 Å². The molecule has 3 aromatic rings. The van der Waals surface area contributed by atoms with Gasteiger partial charge >= 0.3 is 0 Å². The second kappa shape index (κ2) is 5.93. The molecule has 1 aromatic carbocycles. The van der Waals surface area contributed by atoms with Gasteiger partial charge < -0.3 is 10.1 Å². The summed E-state index contributed by atoms with van der Waals surface area (Å²) < 4.78 is 6.98. The van der Waals surface area contributed by atoms with E-state index in [-0.39, 0.29) is 0 Å². The van der Waals surface area contributed by atoms with Crippen LogP contribution >= 0.6 is 0 Å². The van der Waals surface area contributed by atoms with Gasteiger partial charge in [-0.2, -0.15) is 9.61 Å². The average molecular weight is 282 g/mol. The number of aryl methyl sites for hydroxylation is 1.